The first-order valence-corrected chi connectivity index (χ1v) is 8.25. The van der Waals surface area contributed by atoms with Gasteiger partial charge in [0.1, 0.15) is 0 Å². The number of likely N-dealkylation sites (tertiary alicyclic amines) is 1. The average Bonchev–Trinajstić information content (AvgIpc) is 2.99. The number of hydrogen-bond acceptors (Lipinski definition) is 3. The van der Waals surface area contributed by atoms with Gasteiger partial charge in [0.25, 0.3) is 0 Å². The molecular weight excluding hydrogens is 274 g/mol. The van der Waals surface area contributed by atoms with E-state index in [4.69, 9.17) is 0 Å². The number of benzene rings is 1. The van der Waals surface area contributed by atoms with Gasteiger partial charge in [-0.15, -0.1) is 5.10 Å². The quantitative estimate of drug-likeness (QED) is 0.936. The Morgan fingerprint density at radius 3 is 2.36 bits per heavy atom. The first kappa shape index (κ1) is 15.2. The third-order valence-corrected chi connectivity index (χ3v) is 4.42. The minimum Gasteiger partial charge on any atom is -0.322 e. The fraction of sp³-hybridized carbons (Fsp3) is 0.588. The summed E-state index contributed by atoms with van der Waals surface area (Å²) in [5.41, 5.74) is 1.20. The third kappa shape index (κ3) is 3.04. The number of quaternary nitrogens is 1. The maximum absolute atomic E-state index is 4.42. The SMILES string of the molecule is CC(C)(C)n1nnnc1[C@H](c1ccccc1)[NH+]1CCCCC1. The minimum atomic E-state index is -0.110. The number of nitrogens with zero attached hydrogens (tertiary/aromatic N) is 4. The molecule has 1 aromatic heterocycles. The summed E-state index contributed by atoms with van der Waals surface area (Å²) >= 11 is 0. The maximum atomic E-state index is 4.42. The second-order valence-electron chi connectivity index (χ2n) is 7.18. The van der Waals surface area contributed by atoms with Crippen molar-refractivity contribution >= 4 is 0 Å². The summed E-state index contributed by atoms with van der Waals surface area (Å²) < 4.78 is 1.99. The summed E-state index contributed by atoms with van der Waals surface area (Å²) in [5.74, 6) is 0.982. The van der Waals surface area contributed by atoms with Crippen molar-refractivity contribution in [2.75, 3.05) is 13.1 Å². The van der Waals surface area contributed by atoms with Gasteiger partial charge < -0.3 is 4.90 Å². The van der Waals surface area contributed by atoms with E-state index in [1.54, 1.807) is 4.90 Å². The van der Waals surface area contributed by atoms with Gasteiger partial charge in [-0.2, -0.15) is 0 Å². The topological polar surface area (TPSA) is 48.0 Å². The Kier molecular flexibility index (Phi) is 4.25. The van der Waals surface area contributed by atoms with Crippen molar-refractivity contribution in [2.24, 2.45) is 0 Å². The molecule has 1 aliphatic heterocycles. The lowest BCUT2D eigenvalue weighted by Gasteiger charge is -2.32. The van der Waals surface area contributed by atoms with Gasteiger partial charge in [0.2, 0.25) is 5.82 Å². The van der Waals surface area contributed by atoms with Crippen molar-refractivity contribution in [3.63, 3.8) is 0 Å². The minimum absolute atomic E-state index is 0.110. The van der Waals surface area contributed by atoms with E-state index in [0.717, 1.165) is 5.82 Å². The summed E-state index contributed by atoms with van der Waals surface area (Å²) in [6, 6.07) is 10.9. The molecule has 1 saturated heterocycles. The fourth-order valence-corrected chi connectivity index (χ4v) is 3.36. The third-order valence-electron chi connectivity index (χ3n) is 4.42. The van der Waals surface area contributed by atoms with Gasteiger partial charge in [0.15, 0.2) is 6.04 Å². The Hall–Kier alpha value is -1.75. The smallest absolute Gasteiger partial charge is 0.214 e. The first-order chi connectivity index (χ1) is 10.6. The molecule has 5 nitrogen and oxygen atoms in total. The highest BCUT2D eigenvalue weighted by Crippen LogP contribution is 2.22. The molecule has 0 radical (unpaired) electrons. The molecule has 0 amide bonds. The molecule has 2 heterocycles. The summed E-state index contributed by atoms with van der Waals surface area (Å²) in [5, 5.41) is 12.7. The molecule has 2 aromatic rings. The van der Waals surface area contributed by atoms with Crippen LogP contribution in [-0.2, 0) is 5.54 Å². The lowest BCUT2D eigenvalue weighted by molar-refractivity contribution is -0.931. The number of nitrogens with one attached hydrogen (secondary N) is 1. The molecule has 118 valence electrons. The molecule has 22 heavy (non-hydrogen) atoms. The van der Waals surface area contributed by atoms with Crippen molar-refractivity contribution < 1.29 is 4.90 Å². The highest BCUT2D eigenvalue weighted by atomic mass is 15.6. The van der Waals surface area contributed by atoms with Crippen molar-refractivity contribution in [3.8, 4) is 0 Å². The van der Waals surface area contributed by atoms with E-state index in [-0.39, 0.29) is 11.6 Å². The van der Waals surface area contributed by atoms with Gasteiger partial charge in [0, 0.05) is 5.56 Å². The molecule has 1 fully saturated rings. The van der Waals surface area contributed by atoms with Crippen LogP contribution >= 0.6 is 0 Å². The molecule has 3 rings (SSSR count). The molecular formula is C17H26N5+. The fourth-order valence-electron chi connectivity index (χ4n) is 3.36. The Morgan fingerprint density at radius 2 is 1.73 bits per heavy atom. The van der Waals surface area contributed by atoms with Crippen LogP contribution in [0.3, 0.4) is 0 Å². The first-order valence-electron chi connectivity index (χ1n) is 8.25. The molecule has 1 aromatic carbocycles. The zero-order chi connectivity index (χ0) is 15.6. The summed E-state index contributed by atoms with van der Waals surface area (Å²) in [6.07, 6.45) is 3.92. The van der Waals surface area contributed by atoms with E-state index >= 15 is 0 Å². The van der Waals surface area contributed by atoms with Crippen LogP contribution in [0.25, 0.3) is 0 Å². The summed E-state index contributed by atoms with van der Waals surface area (Å²) in [4.78, 5) is 1.58. The van der Waals surface area contributed by atoms with E-state index in [0.29, 0.717) is 0 Å². The van der Waals surface area contributed by atoms with Gasteiger partial charge in [0.05, 0.1) is 18.6 Å². The Balaban J connectivity index is 2.04. The van der Waals surface area contributed by atoms with E-state index in [1.165, 1.54) is 37.9 Å². The normalized spacial score (nSPS) is 18.3. The van der Waals surface area contributed by atoms with Crippen molar-refractivity contribution in [1.29, 1.82) is 0 Å². The second kappa shape index (κ2) is 6.16. The molecule has 0 unspecified atom stereocenters. The molecule has 1 aliphatic rings. The van der Waals surface area contributed by atoms with Gasteiger partial charge >= 0.3 is 0 Å². The maximum Gasteiger partial charge on any atom is 0.214 e. The lowest BCUT2D eigenvalue weighted by atomic mass is 10.00. The zero-order valence-corrected chi connectivity index (χ0v) is 13.8. The molecule has 1 atom stereocenters. The summed E-state index contributed by atoms with van der Waals surface area (Å²) in [6.45, 7) is 8.84. The van der Waals surface area contributed by atoms with Crippen LogP contribution in [0.5, 0.6) is 0 Å². The van der Waals surface area contributed by atoms with Gasteiger partial charge in [-0.25, -0.2) is 4.68 Å². The Labute approximate surface area is 132 Å². The number of rotatable bonds is 3. The highest BCUT2D eigenvalue weighted by Gasteiger charge is 2.34. The van der Waals surface area contributed by atoms with Crippen LogP contribution in [0.1, 0.15) is 57.5 Å². The van der Waals surface area contributed by atoms with Gasteiger partial charge in [-0.1, -0.05) is 30.3 Å². The number of piperidine rings is 1. The van der Waals surface area contributed by atoms with Crippen molar-refractivity contribution in [2.45, 2.75) is 51.6 Å². The second-order valence-corrected chi connectivity index (χ2v) is 7.18. The highest BCUT2D eigenvalue weighted by molar-refractivity contribution is 5.22. The average molecular weight is 300 g/mol. The molecule has 0 bridgehead atoms. The summed E-state index contributed by atoms with van der Waals surface area (Å²) in [7, 11) is 0. The Bertz CT molecular complexity index is 593. The molecule has 0 saturated carbocycles. The van der Waals surface area contributed by atoms with Gasteiger partial charge in [-0.3, -0.25) is 0 Å². The number of tetrazole rings is 1. The van der Waals surface area contributed by atoms with Crippen molar-refractivity contribution in [3.05, 3.63) is 41.7 Å². The van der Waals surface area contributed by atoms with Crippen LogP contribution in [0.2, 0.25) is 0 Å². The number of hydrogen-bond donors (Lipinski definition) is 1. The Morgan fingerprint density at radius 1 is 1.05 bits per heavy atom. The van der Waals surface area contributed by atoms with Gasteiger partial charge in [-0.05, 0) is 50.5 Å². The van der Waals surface area contributed by atoms with Crippen LogP contribution in [0.15, 0.2) is 30.3 Å². The number of aromatic nitrogens is 4. The zero-order valence-electron chi connectivity index (χ0n) is 13.8. The van der Waals surface area contributed by atoms with E-state index in [1.807, 2.05) is 4.68 Å². The lowest BCUT2D eigenvalue weighted by Crippen LogP contribution is -3.13. The van der Waals surface area contributed by atoms with Crippen LogP contribution in [0, 0.1) is 0 Å². The largest absolute Gasteiger partial charge is 0.322 e. The molecule has 1 N–H and O–H groups in total. The standard InChI is InChI=1S/C17H25N5/c1-17(2,3)22-16(18-19-20-22)15(14-10-6-4-7-11-14)21-12-8-5-9-13-21/h4,6-7,10-11,15H,5,8-9,12-13H2,1-3H3/p+1/t15-/m0/s1. The molecule has 0 spiro atoms. The monoisotopic (exact) mass is 300 g/mol. The van der Waals surface area contributed by atoms with Crippen LogP contribution in [0.4, 0.5) is 0 Å². The predicted octanol–water partition coefficient (Wildman–Crippen LogP) is 1.59. The van der Waals surface area contributed by atoms with E-state index in [2.05, 4.69) is 66.6 Å². The predicted molar refractivity (Wildman–Crippen MR) is 85.6 cm³/mol. The van der Waals surface area contributed by atoms with Crippen LogP contribution in [-0.4, -0.2) is 33.3 Å². The van der Waals surface area contributed by atoms with E-state index in [9.17, 15) is 0 Å². The molecule has 5 heteroatoms. The molecule has 0 aliphatic carbocycles. The van der Waals surface area contributed by atoms with Crippen molar-refractivity contribution in [1.82, 2.24) is 20.2 Å². The van der Waals surface area contributed by atoms with E-state index < -0.39 is 0 Å². The van der Waals surface area contributed by atoms with Crippen LogP contribution < -0.4 is 4.90 Å².